The van der Waals surface area contributed by atoms with Gasteiger partial charge in [0.05, 0.1) is 0 Å². The predicted molar refractivity (Wildman–Crippen MR) is 84.8 cm³/mol. The second-order valence-electron chi connectivity index (χ2n) is 6.28. The molecule has 1 aliphatic carbocycles. The van der Waals surface area contributed by atoms with Crippen LogP contribution in [0.15, 0.2) is 4.79 Å². The fourth-order valence-corrected chi connectivity index (χ4v) is 4.65. The summed E-state index contributed by atoms with van der Waals surface area (Å²) < 4.78 is 1.75. The lowest BCUT2D eigenvalue weighted by atomic mass is 9.89. The minimum absolute atomic E-state index is 0.0575. The maximum Gasteiger partial charge on any atom is 0.308 e. The van der Waals surface area contributed by atoms with Crippen LogP contribution >= 0.6 is 11.3 Å². The molecule has 0 spiro atoms. The molecule has 0 aromatic carbocycles. The standard InChI is InChI=1S/C16H24N2O2S/c1-2-12-6-7-13-14(10-12)21-16(20)18(13)11-15(19)17-8-4-3-5-9-17/h12H,2-11H2,1H3/t12-/m1/s1. The van der Waals surface area contributed by atoms with E-state index in [0.717, 1.165) is 50.9 Å². The lowest BCUT2D eigenvalue weighted by Crippen LogP contribution is -2.39. The highest BCUT2D eigenvalue weighted by Crippen LogP contribution is 2.29. The fourth-order valence-electron chi connectivity index (χ4n) is 3.51. The van der Waals surface area contributed by atoms with Crippen LogP contribution < -0.4 is 4.87 Å². The third-order valence-electron chi connectivity index (χ3n) is 4.92. The molecule has 2 aliphatic rings. The quantitative estimate of drug-likeness (QED) is 0.860. The van der Waals surface area contributed by atoms with Gasteiger partial charge in [-0.05, 0) is 44.4 Å². The van der Waals surface area contributed by atoms with Gasteiger partial charge in [-0.3, -0.25) is 14.2 Å². The zero-order valence-corrected chi connectivity index (χ0v) is 13.6. The van der Waals surface area contributed by atoms with E-state index in [0.29, 0.717) is 5.92 Å². The van der Waals surface area contributed by atoms with E-state index in [1.54, 1.807) is 4.57 Å². The van der Waals surface area contributed by atoms with E-state index in [-0.39, 0.29) is 17.3 Å². The molecule has 0 unspecified atom stereocenters. The molecule has 0 radical (unpaired) electrons. The number of hydrogen-bond donors (Lipinski definition) is 0. The van der Waals surface area contributed by atoms with E-state index < -0.39 is 0 Å². The molecule has 1 fully saturated rings. The number of rotatable bonds is 3. The van der Waals surface area contributed by atoms with Gasteiger partial charge in [-0.2, -0.15) is 0 Å². The molecule has 0 bridgehead atoms. The number of likely N-dealkylation sites (tertiary alicyclic amines) is 1. The van der Waals surface area contributed by atoms with Gasteiger partial charge in [0, 0.05) is 23.7 Å². The van der Waals surface area contributed by atoms with Crippen LogP contribution in [0.4, 0.5) is 0 Å². The van der Waals surface area contributed by atoms with Crippen LogP contribution in [-0.2, 0) is 24.2 Å². The van der Waals surface area contributed by atoms with E-state index in [1.165, 1.54) is 29.1 Å². The third-order valence-corrected chi connectivity index (χ3v) is 5.97. The highest BCUT2D eigenvalue weighted by molar-refractivity contribution is 7.09. The molecule has 0 saturated carbocycles. The van der Waals surface area contributed by atoms with Crippen molar-refractivity contribution < 1.29 is 4.79 Å². The second kappa shape index (κ2) is 6.34. The summed E-state index contributed by atoms with van der Waals surface area (Å²) in [6.07, 6.45) is 7.73. The maximum atomic E-state index is 12.4. The average Bonchev–Trinajstić information content (AvgIpc) is 2.83. The molecule has 21 heavy (non-hydrogen) atoms. The van der Waals surface area contributed by atoms with Crippen molar-refractivity contribution in [1.82, 2.24) is 9.47 Å². The molecule has 0 N–H and O–H groups in total. The largest absolute Gasteiger partial charge is 0.341 e. The molecule has 116 valence electrons. The number of piperidine rings is 1. The van der Waals surface area contributed by atoms with E-state index in [9.17, 15) is 9.59 Å². The Bertz CT molecular complexity index is 569. The highest BCUT2D eigenvalue weighted by Gasteiger charge is 2.25. The second-order valence-corrected chi connectivity index (χ2v) is 7.33. The van der Waals surface area contributed by atoms with Crippen molar-refractivity contribution in [2.75, 3.05) is 13.1 Å². The Hall–Kier alpha value is -1.10. The lowest BCUT2D eigenvalue weighted by Gasteiger charge is -2.27. The number of carbonyl (C=O) groups is 1. The van der Waals surface area contributed by atoms with Gasteiger partial charge in [0.1, 0.15) is 6.54 Å². The monoisotopic (exact) mass is 308 g/mol. The molecule has 3 rings (SSSR count). The Kier molecular flexibility index (Phi) is 4.48. The molecular formula is C16H24N2O2S. The number of thiazole rings is 1. The Morgan fingerprint density at radius 3 is 2.76 bits per heavy atom. The number of aromatic nitrogens is 1. The molecule has 1 aliphatic heterocycles. The van der Waals surface area contributed by atoms with Crippen molar-refractivity contribution in [2.24, 2.45) is 5.92 Å². The van der Waals surface area contributed by atoms with Gasteiger partial charge in [-0.25, -0.2) is 0 Å². The minimum Gasteiger partial charge on any atom is -0.341 e. The zero-order chi connectivity index (χ0) is 14.8. The normalized spacial score (nSPS) is 22.1. The number of carbonyl (C=O) groups excluding carboxylic acids is 1. The summed E-state index contributed by atoms with van der Waals surface area (Å²) in [6, 6.07) is 0. The lowest BCUT2D eigenvalue weighted by molar-refractivity contribution is -0.132. The highest BCUT2D eigenvalue weighted by atomic mass is 32.1. The van der Waals surface area contributed by atoms with Gasteiger partial charge in [-0.15, -0.1) is 0 Å². The summed E-state index contributed by atoms with van der Waals surface area (Å²) in [5, 5.41) is 0. The number of amides is 1. The predicted octanol–water partition coefficient (Wildman–Crippen LogP) is 2.44. The first-order chi connectivity index (χ1) is 10.2. The molecule has 1 aromatic rings. The van der Waals surface area contributed by atoms with Crippen molar-refractivity contribution in [3.05, 3.63) is 20.2 Å². The first kappa shape index (κ1) is 14.8. The Morgan fingerprint density at radius 2 is 2.05 bits per heavy atom. The smallest absolute Gasteiger partial charge is 0.308 e. The number of fused-ring (bicyclic) bond motifs is 1. The van der Waals surface area contributed by atoms with Crippen LogP contribution in [0, 0.1) is 5.92 Å². The Balaban J connectivity index is 1.75. The fraction of sp³-hybridized carbons (Fsp3) is 0.750. The van der Waals surface area contributed by atoms with Gasteiger partial charge >= 0.3 is 4.87 Å². The van der Waals surface area contributed by atoms with Crippen LogP contribution in [-0.4, -0.2) is 28.5 Å². The topological polar surface area (TPSA) is 42.3 Å². The molecule has 1 amide bonds. The molecule has 1 atom stereocenters. The van der Waals surface area contributed by atoms with Crippen molar-refractivity contribution in [3.8, 4) is 0 Å². The first-order valence-corrected chi connectivity index (χ1v) is 9.00. The summed E-state index contributed by atoms with van der Waals surface area (Å²) in [5.41, 5.74) is 1.14. The van der Waals surface area contributed by atoms with Crippen LogP contribution in [0.2, 0.25) is 0 Å². The van der Waals surface area contributed by atoms with E-state index in [1.807, 2.05) is 4.90 Å². The number of hydrogen-bond acceptors (Lipinski definition) is 3. The molecular weight excluding hydrogens is 284 g/mol. The molecule has 4 nitrogen and oxygen atoms in total. The Morgan fingerprint density at radius 1 is 1.29 bits per heavy atom. The summed E-state index contributed by atoms with van der Waals surface area (Å²) in [6.45, 7) is 4.19. The third kappa shape index (κ3) is 3.07. The zero-order valence-electron chi connectivity index (χ0n) is 12.8. The summed E-state index contributed by atoms with van der Waals surface area (Å²) >= 11 is 1.36. The van der Waals surface area contributed by atoms with Crippen LogP contribution in [0.1, 0.15) is 49.6 Å². The van der Waals surface area contributed by atoms with Gasteiger partial charge in [0.15, 0.2) is 0 Å². The van der Waals surface area contributed by atoms with E-state index >= 15 is 0 Å². The van der Waals surface area contributed by atoms with Gasteiger partial charge < -0.3 is 4.90 Å². The van der Waals surface area contributed by atoms with Gasteiger partial charge in [0.25, 0.3) is 0 Å². The molecule has 1 aromatic heterocycles. The first-order valence-electron chi connectivity index (χ1n) is 8.18. The van der Waals surface area contributed by atoms with Gasteiger partial charge in [-0.1, -0.05) is 24.7 Å². The van der Waals surface area contributed by atoms with Crippen molar-refractivity contribution in [3.63, 3.8) is 0 Å². The molecule has 5 heteroatoms. The minimum atomic E-state index is 0.0575. The van der Waals surface area contributed by atoms with E-state index in [4.69, 9.17) is 0 Å². The van der Waals surface area contributed by atoms with Crippen molar-refractivity contribution in [2.45, 2.75) is 58.4 Å². The van der Waals surface area contributed by atoms with Crippen LogP contribution in [0.3, 0.4) is 0 Å². The number of nitrogens with zero attached hydrogens (tertiary/aromatic N) is 2. The van der Waals surface area contributed by atoms with Crippen molar-refractivity contribution in [1.29, 1.82) is 0 Å². The van der Waals surface area contributed by atoms with Crippen molar-refractivity contribution >= 4 is 17.2 Å². The summed E-state index contributed by atoms with van der Waals surface area (Å²) in [5.74, 6) is 0.830. The molecule has 2 heterocycles. The summed E-state index contributed by atoms with van der Waals surface area (Å²) in [7, 11) is 0. The summed E-state index contributed by atoms with van der Waals surface area (Å²) in [4.78, 5) is 27.8. The molecule has 1 saturated heterocycles. The van der Waals surface area contributed by atoms with E-state index in [2.05, 4.69) is 6.92 Å². The SMILES string of the molecule is CC[C@@H]1CCc2c(sc(=O)n2CC(=O)N2CCCCC2)C1. The van der Waals surface area contributed by atoms with Gasteiger partial charge in [0.2, 0.25) is 5.91 Å². The maximum absolute atomic E-state index is 12.4. The van der Waals surface area contributed by atoms with Crippen LogP contribution in [0.5, 0.6) is 0 Å². The van der Waals surface area contributed by atoms with Crippen LogP contribution in [0.25, 0.3) is 0 Å². The Labute approximate surface area is 129 Å². The average molecular weight is 308 g/mol.